The molecule has 6 nitrogen and oxygen atoms in total. The minimum Gasteiger partial charge on any atom is -0.478 e. The van der Waals surface area contributed by atoms with Crippen molar-refractivity contribution in [2.75, 3.05) is 5.32 Å². The number of rotatable bonds is 6. The fourth-order valence-electron chi connectivity index (χ4n) is 3.13. The molecule has 2 fully saturated rings. The summed E-state index contributed by atoms with van der Waals surface area (Å²) in [5.41, 5.74) is 0.490. The van der Waals surface area contributed by atoms with Crippen LogP contribution >= 0.6 is 0 Å². The number of benzene rings is 1. The molecule has 0 saturated heterocycles. The van der Waals surface area contributed by atoms with E-state index in [0.29, 0.717) is 11.7 Å². The fraction of sp³-hybridized carbons (Fsp3) is 0.588. The van der Waals surface area contributed by atoms with Gasteiger partial charge in [0.15, 0.2) is 0 Å². The zero-order valence-electron chi connectivity index (χ0n) is 13.6. The van der Waals surface area contributed by atoms with Crippen molar-refractivity contribution >= 4 is 21.7 Å². The second kappa shape index (κ2) is 7.11. The number of carboxylic acid groups (broad SMARTS) is 1. The van der Waals surface area contributed by atoms with E-state index in [1.54, 1.807) is 6.07 Å². The smallest absolute Gasteiger partial charge is 0.337 e. The molecule has 24 heavy (non-hydrogen) atoms. The van der Waals surface area contributed by atoms with E-state index in [0.717, 1.165) is 51.4 Å². The van der Waals surface area contributed by atoms with Crippen LogP contribution < -0.4 is 10.0 Å². The molecule has 0 spiro atoms. The molecule has 0 atom stereocenters. The van der Waals surface area contributed by atoms with Gasteiger partial charge in [0, 0.05) is 17.8 Å². The maximum absolute atomic E-state index is 12.6. The Morgan fingerprint density at radius 2 is 1.67 bits per heavy atom. The second-order valence-corrected chi connectivity index (χ2v) is 8.45. The summed E-state index contributed by atoms with van der Waals surface area (Å²) in [6.07, 6.45) is 8.05. The molecule has 0 radical (unpaired) electrons. The Labute approximate surface area is 142 Å². The monoisotopic (exact) mass is 352 g/mol. The summed E-state index contributed by atoms with van der Waals surface area (Å²) in [4.78, 5) is 11.5. The summed E-state index contributed by atoms with van der Waals surface area (Å²) in [5.74, 6) is -1.12. The van der Waals surface area contributed by atoms with Gasteiger partial charge < -0.3 is 10.4 Å². The van der Waals surface area contributed by atoms with Crippen LogP contribution in [0.5, 0.6) is 0 Å². The van der Waals surface area contributed by atoms with Crippen molar-refractivity contribution in [1.29, 1.82) is 0 Å². The van der Waals surface area contributed by atoms with Crippen LogP contribution in [0, 0.1) is 0 Å². The Balaban J connectivity index is 1.81. The van der Waals surface area contributed by atoms with Gasteiger partial charge in [-0.15, -0.1) is 0 Å². The van der Waals surface area contributed by atoms with Gasteiger partial charge in [0.05, 0.1) is 10.5 Å². The summed E-state index contributed by atoms with van der Waals surface area (Å²) >= 11 is 0. The molecule has 2 aliphatic carbocycles. The lowest BCUT2D eigenvalue weighted by Gasteiger charge is -2.17. The van der Waals surface area contributed by atoms with E-state index in [-0.39, 0.29) is 16.5 Å². The first-order valence-corrected chi connectivity index (χ1v) is 10.1. The number of nitrogens with one attached hydrogen (secondary N) is 2. The third-order valence-electron chi connectivity index (χ3n) is 4.65. The molecule has 0 amide bonds. The molecule has 3 N–H and O–H groups in total. The zero-order valence-corrected chi connectivity index (χ0v) is 14.4. The number of hydrogen-bond acceptors (Lipinski definition) is 4. The summed E-state index contributed by atoms with van der Waals surface area (Å²) in [7, 11) is -3.70. The molecule has 0 bridgehead atoms. The fourth-order valence-corrected chi connectivity index (χ4v) is 4.46. The van der Waals surface area contributed by atoms with E-state index in [1.165, 1.54) is 12.1 Å². The van der Waals surface area contributed by atoms with E-state index in [9.17, 15) is 18.3 Å². The van der Waals surface area contributed by atoms with Gasteiger partial charge in [0.25, 0.3) is 0 Å². The van der Waals surface area contributed by atoms with Crippen molar-refractivity contribution in [1.82, 2.24) is 4.72 Å². The van der Waals surface area contributed by atoms with Crippen molar-refractivity contribution in [2.45, 2.75) is 68.3 Å². The van der Waals surface area contributed by atoms with Gasteiger partial charge in [0.1, 0.15) is 0 Å². The second-order valence-electron chi connectivity index (χ2n) is 6.74. The Bertz CT molecular complexity index is 705. The van der Waals surface area contributed by atoms with Crippen molar-refractivity contribution in [3.63, 3.8) is 0 Å². The minimum atomic E-state index is -3.70. The number of hydrogen-bond donors (Lipinski definition) is 3. The Hall–Kier alpha value is -1.60. The van der Waals surface area contributed by atoms with Gasteiger partial charge in [-0.2, -0.15) is 0 Å². The molecule has 1 aromatic rings. The lowest BCUT2D eigenvalue weighted by atomic mass is 10.1. The van der Waals surface area contributed by atoms with Crippen molar-refractivity contribution in [3.8, 4) is 0 Å². The van der Waals surface area contributed by atoms with Gasteiger partial charge in [-0.3, -0.25) is 0 Å². The quantitative estimate of drug-likeness (QED) is 0.684. The lowest BCUT2D eigenvalue weighted by Crippen LogP contribution is -2.34. The summed E-state index contributed by atoms with van der Waals surface area (Å²) < 4.78 is 28.0. The molecule has 0 aliphatic heterocycles. The van der Waals surface area contributed by atoms with Crippen LogP contribution in [0.1, 0.15) is 61.7 Å². The molecule has 2 aliphatic rings. The maximum atomic E-state index is 12.6. The van der Waals surface area contributed by atoms with E-state index >= 15 is 0 Å². The minimum absolute atomic E-state index is 0.00522. The van der Waals surface area contributed by atoms with Crippen molar-refractivity contribution in [3.05, 3.63) is 23.8 Å². The van der Waals surface area contributed by atoms with E-state index in [4.69, 9.17) is 0 Å². The zero-order chi connectivity index (χ0) is 17.2. The van der Waals surface area contributed by atoms with Crippen LogP contribution in [0.3, 0.4) is 0 Å². The van der Waals surface area contributed by atoms with Gasteiger partial charge in [-0.1, -0.05) is 25.7 Å². The third-order valence-corrected chi connectivity index (χ3v) is 6.16. The summed E-state index contributed by atoms with van der Waals surface area (Å²) in [6, 6.07) is 4.54. The van der Waals surface area contributed by atoms with E-state index in [2.05, 4.69) is 10.0 Å². The van der Waals surface area contributed by atoms with Crippen LogP contribution in [0.2, 0.25) is 0 Å². The molecule has 3 rings (SSSR count). The molecule has 1 aromatic carbocycles. The van der Waals surface area contributed by atoms with Crippen molar-refractivity contribution < 1.29 is 18.3 Å². The van der Waals surface area contributed by atoms with Crippen molar-refractivity contribution in [2.24, 2.45) is 0 Å². The standard InChI is InChI=1S/C17H24N2O4S/c20-17(21)15-11-14(9-10-16(15)18-12-7-8-12)24(22,23)19-13-5-3-1-2-4-6-13/h9-13,18-19H,1-8H2,(H,20,21). The number of sulfonamides is 1. The predicted octanol–water partition coefficient (Wildman–Crippen LogP) is 2.96. The molecule has 2 saturated carbocycles. The molecule has 7 heteroatoms. The highest BCUT2D eigenvalue weighted by Gasteiger charge is 2.26. The number of anilines is 1. The lowest BCUT2D eigenvalue weighted by molar-refractivity contribution is 0.0697. The number of carbonyl (C=O) groups is 1. The van der Waals surface area contributed by atoms with Gasteiger partial charge in [0.2, 0.25) is 10.0 Å². The maximum Gasteiger partial charge on any atom is 0.337 e. The predicted molar refractivity (Wildman–Crippen MR) is 91.9 cm³/mol. The average Bonchev–Trinajstić information content (AvgIpc) is 3.35. The Kier molecular flexibility index (Phi) is 5.10. The van der Waals surface area contributed by atoms with Gasteiger partial charge in [-0.25, -0.2) is 17.9 Å². The van der Waals surface area contributed by atoms with E-state index in [1.807, 2.05) is 0 Å². The Morgan fingerprint density at radius 1 is 1.00 bits per heavy atom. The first-order chi connectivity index (χ1) is 11.5. The van der Waals surface area contributed by atoms with Gasteiger partial charge in [-0.05, 0) is 43.9 Å². The van der Waals surface area contributed by atoms with Crippen LogP contribution in [-0.2, 0) is 10.0 Å². The van der Waals surface area contributed by atoms with Crippen LogP contribution in [0.15, 0.2) is 23.1 Å². The van der Waals surface area contributed by atoms with E-state index < -0.39 is 16.0 Å². The topological polar surface area (TPSA) is 95.5 Å². The number of aromatic carboxylic acids is 1. The average molecular weight is 352 g/mol. The molecular formula is C17H24N2O4S. The third kappa shape index (κ3) is 4.27. The first kappa shape index (κ1) is 17.2. The van der Waals surface area contributed by atoms with Crippen LogP contribution in [0.25, 0.3) is 0 Å². The molecule has 132 valence electrons. The largest absolute Gasteiger partial charge is 0.478 e. The highest BCUT2D eigenvalue weighted by Crippen LogP contribution is 2.28. The molecule has 0 unspecified atom stereocenters. The normalized spacial score (nSPS) is 19.7. The highest BCUT2D eigenvalue weighted by atomic mass is 32.2. The SMILES string of the molecule is O=C(O)c1cc(S(=O)(=O)NC2CCCCCC2)ccc1NC1CC1. The summed E-state index contributed by atoms with van der Waals surface area (Å²) in [5, 5.41) is 12.5. The highest BCUT2D eigenvalue weighted by molar-refractivity contribution is 7.89. The number of carboxylic acids is 1. The van der Waals surface area contributed by atoms with Crippen LogP contribution in [0.4, 0.5) is 5.69 Å². The molecule has 0 heterocycles. The van der Waals surface area contributed by atoms with Gasteiger partial charge >= 0.3 is 5.97 Å². The summed E-state index contributed by atoms with van der Waals surface area (Å²) in [6.45, 7) is 0. The Morgan fingerprint density at radius 3 is 2.25 bits per heavy atom. The molecular weight excluding hydrogens is 328 g/mol. The first-order valence-electron chi connectivity index (χ1n) is 8.62. The molecule has 0 aromatic heterocycles. The van der Waals surface area contributed by atoms with Crippen LogP contribution in [-0.4, -0.2) is 31.6 Å².